The van der Waals surface area contributed by atoms with Crippen molar-refractivity contribution in [3.05, 3.63) is 58.7 Å². The van der Waals surface area contributed by atoms with Crippen molar-refractivity contribution in [1.82, 2.24) is 53.2 Å². The quantitative estimate of drug-likeness (QED) is 0.185. The molecule has 2 fully saturated rings. The number of urea groups is 2. The topological polar surface area (TPSA) is 178 Å². The Morgan fingerprint density at radius 3 is 1.98 bits per heavy atom. The maximum absolute atomic E-state index is 12.8. The van der Waals surface area contributed by atoms with E-state index in [0.29, 0.717) is 0 Å². The predicted octanol–water partition coefficient (Wildman–Crippen LogP) is 0.651. The molecule has 4 heterocycles. The number of fused-ring (bicyclic) bond motifs is 2. The summed E-state index contributed by atoms with van der Waals surface area (Å²) in [5.74, 6) is 0. The lowest BCUT2D eigenvalue weighted by atomic mass is 9.95. The van der Waals surface area contributed by atoms with E-state index in [0.717, 1.165) is 69.8 Å². The van der Waals surface area contributed by atoms with Gasteiger partial charge in [-0.2, -0.15) is 0 Å². The van der Waals surface area contributed by atoms with E-state index in [1.807, 2.05) is 12.1 Å². The number of amides is 4. The lowest BCUT2D eigenvalue weighted by Crippen LogP contribution is -2.68. The Balaban J connectivity index is 0.957. The van der Waals surface area contributed by atoms with Crippen molar-refractivity contribution < 1.29 is 9.59 Å². The molecule has 2 aromatic rings. The number of benzene rings is 2. The van der Waals surface area contributed by atoms with E-state index in [1.54, 1.807) is 0 Å². The summed E-state index contributed by atoms with van der Waals surface area (Å²) in [5.41, 5.74) is 6.61. The van der Waals surface area contributed by atoms with E-state index in [1.165, 1.54) is 22.3 Å². The summed E-state index contributed by atoms with van der Waals surface area (Å²) in [6, 6.07) is 12.4. The van der Waals surface area contributed by atoms with Crippen LogP contribution in [-0.4, -0.2) is 74.7 Å². The van der Waals surface area contributed by atoms with Gasteiger partial charge in [-0.25, -0.2) is 9.59 Å². The minimum atomic E-state index is -0.367. The molecule has 2 saturated heterocycles. The molecule has 14 heteroatoms. The normalized spacial score (nSPS) is 28.8. The lowest BCUT2D eigenvalue weighted by Gasteiger charge is -2.38. The summed E-state index contributed by atoms with van der Waals surface area (Å²) in [6.45, 7) is 10.5. The fourth-order valence-corrected chi connectivity index (χ4v) is 6.98. The first-order valence-corrected chi connectivity index (χ1v) is 17.1. The predicted molar refractivity (Wildman–Crippen MR) is 184 cm³/mol. The molecular weight excluding hydrogens is 596 g/mol. The molecule has 0 aromatic heterocycles. The number of anilines is 2. The Morgan fingerprint density at radius 1 is 0.745 bits per heavy atom. The fraction of sp³-hybridized carbons (Fsp3) is 0.576. The first-order chi connectivity index (χ1) is 22.8. The summed E-state index contributed by atoms with van der Waals surface area (Å²) >= 11 is 0. The van der Waals surface area contributed by atoms with E-state index in [-0.39, 0.29) is 55.1 Å². The Kier molecular flexibility index (Phi) is 11.2. The molecule has 0 radical (unpaired) electrons. The molecule has 0 aliphatic carbocycles. The van der Waals surface area contributed by atoms with Crippen molar-refractivity contribution in [2.24, 2.45) is 0 Å². The standard InChI is InChI=1S/C33H52N12O2/c1-4-35-28-11-19(2)38-30(42-28)44-33(47)41-26-8-6-23-17-36-27(15-24(23)14-26)18-37-29-12-20(3)39-31(43-29)45-32(46)40-25-7-5-22-16-34-10-9-21(22)13-25/h5-8,13-14,19-20,27-31,34-39,42-43H,4,9-12,15-18H2,1-3H3,(H2,40,45,46)(H2,41,44,47). The molecule has 7 unspecified atom stereocenters. The Hall–Kier alpha value is -3.34. The molecule has 4 aliphatic rings. The van der Waals surface area contributed by atoms with Crippen molar-refractivity contribution in [3.8, 4) is 0 Å². The zero-order chi connectivity index (χ0) is 32.8. The molecular formula is C33H52N12O2. The van der Waals surface area contributed by atoms with E-state index < -0.39 is 0 Å². The first kappa shape index (κ1) is 33.6. The highest BCUT2D eigenvalue weighted by Gasteiger charge is 2.28. The van der Waals surface area contributed by atoms with Gasteiger partial charge in [0.2, 0.25) is 0 Å². The number of rotatable bonds is 9. The third-order valence-electron chi connectivity index (χ3n) is 9.29. The van der Waals surface area contributed by atoms with Crippen LogP contribution in [0.5, 0.6) is 0 Å². The van der Waals surface area contributed by atoms with E-state index in [2.05, 4.69) is 109 Å². The molecule has 4 aliphatic heterocycles. The third kappa shape index (κ3) is 9.39. The molecule has 256 valence electrons. The zero-order valence-corrected chi connectivity index (χ0v) is 27.7. The van der Waals surface area contributed by atoms with Crippen LogP contribution in [0.15, 0.2) is 36.4 Å². The lowest BCUT2D eigenvalue weighted by molar-refractivity contribution is 0.190. The van der Waals surface area contributed by atoms with Gasteiger partial charge >= 0.3 is 12.1 Å². The van der Waals surface area contributed by atoms with Gasteiger partial charge in [0.1, 0.15) is 12.6 Å². The Bertz CT molecular complexity index is 1390. The monoisotopic (exact) mass is 648 g/mol. The molecule has 0 saturated carbocycles. The van der Waals surface area contributed by atoms with Crippen LogP contribution < -0.4 is 63.8 Å². The highest BCUT2D eigenvalue weighted by Crippen LogP contribution is 2.22. The summed E-state index contributed by atoms with van der Waals surface area (Å²) in [4.78, 5) is 25.7. The fourth-order valence-electron chi connectivity index (χ4n) is 6.98. The third-order valence-corrected chi connectivity index (χ3v) is 9.29. The van der Waals surface area contributed by atoms with Crippen molar-refractivity contribution in [2.45, 2.75) is 103 Å². The molecule has 0 bridgehead atoms. The van der Waals surface area contributed by atoms with Gasteiger partial charge < -0.3 is 42.5 Å². The van der Waals surface area contributed by atoms with Crippen molar-refractivity contribution in [3.63, 3.8) is 0 Å². The largest absolute Gasteiger partial charge is 0.321 e. The smallest absolute Gasteiger partial charge is 0.312 e. The van der Waals surface area contributed by atoms with E-state index >= 15 is 0 Å². The number of hydrogen-bond donors (Lipinski definition) is 12. The molecule has 0 spiro atoms. The minimum absolute atomic E-state index is 0.0320. The van der Waals surface area contributed by atoms with E-state index in [4.69, 9.17) is 0 Å². The van der Waals surface area contributed by atoms with Gasteiger partial charge in [0, 0.05) is 49.1 Å². The molecule has 12 N–H and O–H groups in total. The number of nitrogens with one attached hydrogen (secondary N) is 12. The van der Waals surface area contributed by atoms with Crippen molar-refractivity contribution >= 4 is 23.4 Å². The summed E-state index contributed by atoms with van der Waals surface area (Å²) < 4.78 is 0. The molecule has 4 amide bonds. The van der Waals surface area contributed by atoms with Crippen LogP contribution in [0.3, 0.4) is 0 Å². The molecule has 47 heavy (non-hydrogen) atoms. The molecule has 2 aromatic carbocycles. The summed E-state index contributed by atoms with van der Waals surface area (Å²) in [7, 11) is 0. The van der Waals surface area contributed by atoms with E-state index in [9.17, 15) is 9.59 Å². The highest BCUT2D eigenvalue weighted by atomic mass is 16.2. The molecule has 7 atom stereocenters. The summed E-state index contributed by atoms with van der Waals surface area (Å²) in [5, 5.41) is 39.8. The first-order valence-electron chi connectivity index (χ1n) is 17.1. The SMILES string of the molecule is CCNC1CC(C)NC(NC(=O)Nc2ccc3c(c2)CC(CNC2CC(C)NC(NC(=O)Nc4ccc5c(c4)CCNC5)N2)NC3)N1. The highest BCUT2D eigenvalue weighted by molar-refractivity contribution is 5.90. The van der Waals surface area contributed by atoms with Crippen LogP contribution in [0.25, 0.3) is 0 Å². The van der Waals surface area contributed by atoms with Gasteiger partial charge in [-0.15, -0.1) is 0 Å². The maximum atomic E-state index is 12.8. The summed E-state index contributed by atoms with van der Waals surface area (Å²) in [6.07, 6.45) is 3.13. The maximum Gasteiger partial charge on any atom is 0.321 e. The average molecular weight is 649 g/mol. The van der Waals surface area contributed by atoms with Gasteiger partial charge in [-0.1, -0.05) is 19.1 Å². The van der Waals surface area contributed by atoms with Gasteiger partial charge in [0.15, 0.2) is 0 Å². The molecule has 6 rings (SSSR count). The van der Waals surface area contributed by atoms with Gasteiger partial charge in [0.05, 0.1) is 12.3 Å². The number of carbonyl (C=O) groups is 2. The van der Waals surface area contributed by atoms with Crippen LogP contribution in [-0.2, 0) is 25.9 Å². The average Bonchev–Trinajstić information content (AvgIpc) is 3.03. The van der Waals surface area contributed by atoms with Crippen LogP contribution in [0, 0.1) is 0 Å². The second kappa shape index (κ2) is 15.7. The van der Waals surface area contributed by atoms with Crippen molar-refractivity contribution in [1.29, 1.82) is 0 Å². The van der Waals surface area contributed by atoms with Crippen LogP contribution in [0.1, 0.15) is 55.9 Å². The van der Waals surface area contributed by atoms with Gasteiger partial charge in [-0.05, 0) is 99.1 Å². The van der Waals surface area contributed by atoms with Crippen molar-refractivity contribution in [2.75, 3.05) is 30.3 Å². The zero-order valence-electron chi connectivity index (χ0n) is 27.7. The number of hydrogen-bond acceptors (Lipinski definition) is 10. The van der Waals surface area contributed by atoms with Crippen LogP contribution in [0.2, 0.25) is 0 Å². The van der Waals surface area contributed by atoms with Gasteiger partial charge in [0.25, 0.3) is 0 Å². The number of carbonyl (C=O) groups excluding carboxylic acids is 2. The van der Waals surface area contributed by atoms with Gasteiger partial charge in [-0.3, -0.25) is 21.3 Å². The second-order valence-electron chi connectivity index (χ2n) is 13.2. The Labute approximate surface area is 277 Å². The Morgan fingerprint density at radius 2 is 1.34 bits per heavy atom. The van der Waals surface area contributed by atoms with Crippen LogP contribution in [0.4, 0.5) is 21.0 Å². The second-order valence-corrected chi connectivity index (χ2v) is 13.2. The minimum Gasteiger partial charge on any atom is -0.312 e. The molecule has 14 nitrogen and oxygen atoms in total. The van der Waals surface area contributed by atoms with Crippen LogP contribution >= 0.6 is 0 Å².